The van der Waals surface area contributed by atoms with Gasteiger partial charge in [-0.2, -0.15) is 0 Å². The van der Waals surface area contributed by atoms with Crippen LogP contribution in [0.1, 0.15) is 6.42 Å². The first kappa shape index (κ1) is 13.3. The van der Waals surface area contributed by atoms with Crippen molar-refractivity contribution in [1.29, 1.82) is 0 Å². The van der Waals surface area contributed by atoms with Gasteiger partial charge in [-0.05, 0) is 34.5 Å². The van der Waals surface area contributed by atoms with E-state index in [9.17, 15) is 0 Å². The lowest BCUT2D eigenvalue weighted by molar-refractivity contribution is 0.251. The van der Waals surface area contributed by atoms with Gasteiger partial charge in [0.2, 0.25) is 5.88 Å². The molecule has 1 aliphatic rings. The predicted molar refractivity (Wildman–Crippen MR) is 79.8 cm³/mol. The standard InChI is InChI=1S/C14H15BrN4O/c15-12-2-1-4-18-14(12)19-7-3-11(9-19)10-20-13-8-16-5-6-17-13/h1-2,4-6,8,11H,3,7,9-10H2. The van der Waals surface area contributed by atoms with Gasteiger partial charge >= 0.3 is 0 Å². The van der Waals surface area contributed by atoms with Gasteiger partial charge in [0.05, 0.1) is 17.3 Å². The Morgan fingerprint density at radius 1 is 1.30 bits per heavy atom. The molecule has 1 saturated heterocycles. The summed E-state index contributed by atoms with van der Waals surface area (Å²) in [5, 5.41) is 0. The van der Waals surface area contributed by atoms with Gasteiger partial charge in [-0.25, -0.2) is 9.97 Å². The Kier molecular flexibility index (Phi) is 4.11. The minimum atomic E-state index is 0.492. The lowest BCUT2D eigenvalue weighted by Crippen LogP contribution is -2.23. The molecule has 104 valence electrons. The number of halogens is 1. The topological polar surface area (TPSA) is 51.1 Å². The molecular formula is C14H15BrN4O. The number of hydrogen-bond donors (Lipinski definition) is 0. The molecule has 6 heteroatoms. The van der Waals surface area contributed by atoms with Crippen LogP contribution < -0.4 is 9.64 Å². The van der Waals surface area contributed by atoms with E-state index in [1.165, 1.54) is 0 Å². The quantitative estimate of drug-likeness (QED) is 0.859. The fraction of sp³-hybridized carbons (Fsp3) is 0.357. The Hall–Kier alpha value is -1.69. The third-order valence-corrected chi connectivity index (χ3v) is 3.95. The smallest absolute Gasteiger partial charge is 0.232 e. The fourth-order valence-electron chi connectivity index (χ4n) is 2.33. The van der Waals surface area contributed by atoms with E-state index in [1.54, 1.807) is 18.6 Å². The number of hydrogen-bond acceptors (Lipinski definition) is 5. The van der Waals surface area contributed by atoms with E-state index < -0.39 is 0 Å². The highest BCUT2D eigenvalue weighted by Crippen LogP contribution is 2.28. The summed E-state index contributed by atoms with van der Waals surface area (Å²) in [7, 11) is 0. The van der Waals surface area contributed by atoms with Crippen molar-refractivity contribution in [3.8, 4) is 5.88 Å². The molecule has 0 N–H and O–H groups in total. The molecule has 1 atom stereocenters. The number of aromatic nitrogens is 3. The first-order chi connectivity index (χ1) is 9.83. The van der Waals surface area contributed by atoms with E-state index >= 15 is 0 Å². The highest BCUT2D eigenvalue weighted by molar-refractivity contribution is 9.10. The molecule has 0 spiro atoms. The summed E-state index contributed by atoms with van der Waals surface area (Å²) in [6, 6.07) is 3.95. The van der Waals surface area contributed by atoms with Gasteiger partial charge in [0, 0.05) is 37.6 Å². The Labute approximate surface area is 126 Å². The van der Waals surface area contributed by atoms with Crippen LogP contribution in [-0.4, -0.2) is 34.6 Å². The van der Waals surface area contributed by atoms with Gasteiger partial charge in [0.15, 0.2) is 0 Å². The van der Waals surface area contributed by atoms with Crippen molar-refractivity contribution in [3.05, 3.63) is 41.4 Å². The minimum Gasteiger partial charge on any atom is -0.476 e. The second-order valence-corrected chi connectivity index (χ2v) is 5.62. The number of ether oxygens (including phenoxy) is 1. The normalized spacial score (nSPS) is 18.2. The summed E-state index contributed by atoms with van der Waals surface area (Å²) in [6.07, 6.45) is 7.85. The van der Waals surface area contributed by atoms with Crippen LogP contribution in [0, 0.1) is 5.92 Å². The second-order valence-electron chi connectivity index (χ2n) is 4.76. The van der Waals surface area contributed by atoms with Gasteiger partial charge < -0.3 is 9.64 Å². The van der Waals surface area contributed by atoms with Crippen molar-refractivity contribution >= 4 is 21.7 Å². The molecule has 0 saturated carbocycles. The number of anilines is 1. The van der Waals surface area contributed by atoms with Crippen LogP contribution in [-0.2, 0) is 0 Å². The largest absolute Gasteiger partial charge is 0.476 e. The van der Waals surface area contributed by atoms with Gasteiger partial charge in [-0.15, -0.1) is 0 Å². The first-order valence-electron chi connectivity index (χ1n) is 6.57. The molecule has 2 aromatic heterocycles. The van der Waals surface area contributed by atoms with Crippen LogP contribution in [0.25, 0.3) is 0 Å². The molecule has 3 heterocycles. The van der Waals surface area contributed by atoms with Crippen molar-refractivity contribution in [2.24, 2.45) is 5.92 Å². The van der Waals surface area contributed by atoms with Crippen LogP contribution in [0.5, 0.6) is 5.88 Å². The van der Waals surface area contributed by atoms with Crippen molar-refractivity contribution in [3.63, 3.8) is 0 Å². The lowest BCUT2D eigenvalue weighted by Gasteiger charge is -2.18. The van der Waals surface area contributed by atoms with Crippen LogP contribution in [0.4, 0.5) is 5.82 Å². The Balaban J connectivity index is 1.56. The highest BCUT2D eigenvalue weighted by atomic mass is 79.9. The average Bonchev–Trinajstić information content (AvgIpc) is 2.95. The summed E-state index contributed by atoms with van der Waals surface area (Å²) >= 11 is 3.55. The maximum atomic E-state index is 5.67. The van der Waals surface area contributed by atoms with E-state index in [-0.39, 0.29) is 0 Å². The molecule has 5 nitrogen and oxygen atoms in total. The van der Waals surface area contributed by atoms with Crippen molar-refractivity contribution in [2.45, 2.75) is 6.42 Å². The van der Waals surface area contributed by atoms with E-state index in [1.807, 2.05) is 18.3 Å². The van der Waals surface area contributed by atoms with Gasteiger partial charge in [-0.1, -0.05) is 0 Å². The molecule has 0 aromatic carbocycles. The lowest BCUT2D eigenvalue weighted by atomic mass is 10.1. The fourth-order valence-corrected chi connectivity index (χ4v) is 2.84. The van der Waals surface area contributed by atoms with Crippen molar-refractivity contribution < 1.29 is 4.74 Å². The highest BCUT2D eigenvalue weighted by Gasteiger charge is 2.25. The molecular weight excluding hydrogens is 320 g/mol. The molecule has 1 fully saturated rings. The molecule has 0 amide bonds. The SMILES string of the molecule is Brc1cccnc1N1CCC(COc2cnccn2)C1. The third kappa shape index (κ3) is 3.07. The van der Waals surface area contributed by atoms with Gasteiger partial charge in [-0.3, -0.25) is 4.98 Å². The molecule has 0 bridgehead atoms. The Morgan fingerprint density at radius 2 is 2.25 bits per heavy atom. The maximum Gasteiger partial charge on any atom is 0.232 e. The first-order valence-corrected chi connectivity index (χ1v) is 7.36. The summed E-state index contributed by atoms with van der Waals surface area (Å²) in [6.45, 7) is 2.62. The zero-order valence-corrected chi connectivity index (χ0v) is 12.5. The number of pyridine rings is 1. The molecule has 1 unspecified atom stereocenters. The zero-order chi connectivity index (χ0) is 13.8. The van der Waals surface area contributed by atoms with Crippen molar-refractivity contribution in [2.75, 3.05) is 24.6 Å². The summed E-state index contributed by atoms with van der Waals surface area (Å²) in [5.74, 6) is 2.09. The summed E-state index contributed by atoms with van der Waals surface area (Å²) in [4.78, 5) is 14.8. The minimum absolute atomic E-state index is 0.492. The average molecular weight is 335 g/mol. The summed E-state index contributed by atoms with van der Waals surface area (Å²) < 4.78 is 6.71. The van der Waals surface area contributed by atoms with E-state index in [4.69, 9.17) is 4.74 Å². The molecule has 0 aliphatic carbocycles. The number of rotatable bonds is 4. The molecule has 2 aromatic rings. The van der Waals surface area contributed by atoms with Crippen LogP contribution in [0.15, 0.2) is 41.4 Å². The van der Waals surface area contributed by atoms with Gasteiger partial charge in [0.25, 0.3) is 0 Å². The summed E-state index contributed by atoms with van der Waals surface area (Å²) in [5.41, 5.74) is 0. The molecule has 0 radical (unpaired) electrons. The van der Waals surface area contributed by atoms with Gasteiger partial charge in [0.1, 0.15) is 5.82 Å². The zero-order valence-electron chi connectivity index (χ0n) is 10.9. The van der Waals surface area contributed by atoms with E-state index in [2.05, 4.69) is 35.8 Å². The Bertz CT molecular complexity index is 566. The van der Waals surface area contributed by atoms with E-state index in [0.717, 1.165) is 29.8 Å². The van der Waals surface area contributed by atoms with Crippen LogP contribution in [0.3, 0.4) is 0 Å². The number of nitrogens with zero attached hydrogens (tertiary/aromatic N) is 4. The van der Waals surface area contributed by atoms with E-state index in [0.29, 0.717) is 18.4 Å². The Morgan fingerprint density at radius 3 is 3.05 bits per heavy atom. The maximum absolute atomic E-state index is 5.67. The second kappa shape index (κ2) is 6.17. The van der Waals surface area contributed by atoms with Crippen LogP contribution >= 0.6 is 15.9 Å². The monoisotopic (exact) mass is 334 g/mol. The molecule has 3 rings (SSSR count). The van der Waals surface area contributed by atoms with Crippen LogP contribution in [0.2, 0.25) is 0 Å². The third-order valence-electron chi connectivity index (χ3n) is 3.33. The van der Waals surface area contributed by atoms with Crippen molar-refractivity contribution in [1.82, 2.24) is 15.0 Å². The predicted octanol–water partition coefficient (Wildman–Crippen LogP) is 2.54. The molecule has 20 heavy (non-hydrogen) atoms. The molecule has 1 aliphatic heterocycles.